The molecular formula is C24H32N4OS. The first-order valence-electron chi connectivity index (χ1n) is 10.7. The van der Waals surface area contributed by atoms with Gasteiger partial charge in [-0.15, -0.1) is 11.8 Å². The lowest BCUT2D eigenvalue weighted by Gasteiger charge is -2.26. The number of thioether (sulfide) groups is 1. The third-order valence-corrected chi connectivity index (χ3v) is 6.25. The Balaban J connectivity index is 1.48. The maximum atomic E-state index is 12.7. The van der Waals surface area contributed by atoms with E-state index in [1.54, 1.807) is 7.05 Å². The molecule has 0 aromatic heterocycles. The first kappa shape index (κ1) is 22.2. The first-order valence-corrected chi connectivity index (χ1v) is 11.6. The second-order valence-electron chi connectivity index (χ2n) is 7.60. The van der Waals surface area contributed by atoms with E-state index in [0.717, 1.165) is 49.6 Å². The van der Waals surface area contributed by atoms with Crippen LogP contribution in [0.1, 0.15) is 42.1 Å². The molecule has 30 heavy (non-hydrogen) atoms. The molecule has 2 aromatic carbocycles. The Hall–Kier alpha value is -2.47. The van der Waals surface area contributed by atoms with Gasteiger partial charge in [0.25, 0.3) is 5.91 Å². The van der Waals surface area contributed by atoms with Gasteiger partial charge in [0.2, 0.25) is 0 Å². The molecule has 0 aliphatic carbocycles. The molecule has 5 nitrogen and oxygen atoms in total. The normalized spacial score (nSPS) is 15.5. The molecule has 1 unspecified atom stereocenters. The van der Waals surface area contributed by atoms with Crippen molar-refractivity contribution in [3.05, 3.63) is 65.7 Å². The predicted octanol–water partition coefficient (Wildman–Crippen LogP) is 4.16. The van der Waals surface area contributed by atoms with Crippen LogP contribution in [-0.4, -0.2) is 48.7 Å². The number of hydrogen-bond donors (Lipinski definition) is 2. The first-order chi connectivity index (χ1) is 14.7. The largest absolute Gasteiger partial charge is 0.355 e. The third-order valence-electron chi connectivity index (χ3n) is 5.14. The molecular weight excluding hydrogens is 392 g/mol. The van der Waals surface area contributed by atoms with Gasteiger partial charge in [-0.2, -0.15) is 0 Å². The van der Waals surface area contributed by atoms with Crippen LogP contribution in [0.5, 0.6) is 0 Å². The van der Waals surface area contributed by atoms with Crippen molar-refractivity contribution in [2.75, 3.05) is 26.7 Å². The minimum Gasteiger partial charge on any atom is -0.355 e. The van der Waals surface area contributed by atoms with Crippen molar-refractivity contribution in [1.82, 2.24) is 15.5 Å². The highest BCUT2D eigenvalue weighted by Gasteiger charge is 2.18. The van der Waals surface area contributed by atoms with Crippen molar-refractivity contribution in [3.8, 4) is 0 Å². The predicted molar refractivity (Wildman–Crippen MR) is 126 cm³/mol. The molecule has 1 aliphatic rings. The fourth-order valence-electron chi connectivity index (χ4n) is 3.51. The minimum atomic E-state index is 0.144. The molecule has 1 fully saturated rings. The van der Waals surface area contributed by atoms with E-state index in [0.29, 0.717) is 11.8 Å². The van der Waals surface area contributed by atoms with Crippen molar-refractivity contribution in [2.45, 2.75) is 42.9 Å². The molecule has 1 saturated heterocycles. The smallest absolute Gasteiger partial charge is 0.253 e. The van der Waals surface area contributed by atoms with Crippen LogP contribution in [0.4, 0.5) is 0 Å². The van der Waals surface area contributed by atoms with Gasteiger partial charge in [0.15, 0.2) is 5.96 Å². The Kier molecular flexibility index (Phi) is 8.63. The number of benzene rings is 2. The molecule has 0 bridgehead atoms. The SMILES string of the molecule is CN=C(NCc1cccc(C(=O)N2CCCCC2)c1)NCC(C)Sc1ccccc1. The number of carbonyl (C=O) groups is 1. The fourth-order valence-corrected chi connectivity index (χ4v) is 4.46. The summed E-state index contributed by atoms with van der Waals surface area (Å²) in [4.78, 5) is 20.3. The number of amides is 1. The fraction of sp³-hybridized carbons (Fsp3) is 0.417. The number of hydrogen-bond acceptors (Lipinski definition) is 3. The third kappa shape index (κ3) is 6.80. The van der Waals surface area contributed by atoms with E-state index in [4.69, 9.17) is 0 Å². The molecule has 1 heterocycles. The molecule has 0 saturated carbocycles. The summed E-state index contributed by atoms with van der Waals surface area (Å²) in [6, 6.07) is 18.3. The maximum Gasteiger partial charge on any atom is 0.253 e. The average molecular weight is 425 g/mol. The van der Waals surface area contributed by atoms with Crippen LogP contribution >= 0.6 is 11.8 Å². The number of nitrogens with zero attached hydrogens (tertiary/aromatic N) is 2. The van der Waals surface area contributed by atoms with Crippen LogP contribution in [0.2, 0.25) is 0 Å². The Morgan fingerprint density at radius 3 is 2.57 bits per heavy atom. The van der Waals surface area contributed by atoms with E-state index in [2.05, 4.69) is 46.8 Å². The molecule has 6 heteroatoms. The summed E-state index contributed by atoms with van der Waals surface area (Å²) in [5.74, 6) is 0.911. The average Bonchev–Trinajstić information content (AvgIpc) is 2.80. The van der Waals surface area contributed by atoms with Crippen molar-refractivity contribution < 1.29 is 4.79 Å². The van der Waals surface area contributed by atoms with Crippen molar-refractivity contribution in [1.29, 1.82) is 0 Å². The molecule has 1 amide bonds. The summed E-state index contributed by atoms with van der Waals surface area (Å²) in [7, 11) is 1.78. The Morgan fingerprint density at radius 2 is 1.83 bits per heavy atom. The van der Waals surface area contributed by atoms with Gasteiger partial charge < -0.3 is 15.5 Å². The van der Waals surface area contributed by atoms with Crippen LogP contribution in [0.25, 0.3) is 0 Å². The summed E-state index contributed by atoms with van der Waals surface area (Å²) in [5.41, 5.74) is 1.85. The molecule has 160 valence electrons. The molecule has 0 spiro atoms. The number of aliphatic imine (C=N–C) groups is 1. The van der Waals surface area contributed by atoms with Gasteiger partial charge in [0.05, 0.1) is 0 Å². The zero-order valence-electron chi connectivity index (χ0n) is 17.9. The lowest BCUT2D eigenvalue weighted by molar-refractivity contribution is 0.0724. The highest BCUT2D eigenvalue weighted by molar-refractivity contribution is 8.00. The van der Waals surface area contributed by atoms with Gasteiger partial charge >= 0.3 is 0 Å². The number of guanidine groups is 1. The molecule has 1 atom stereocenters. The van der Waals surface area contributed by atoms with Gasteiger partial charge in [-0.3, -0.25) is 9.79 Å². The number of carbonyl (C=O) groups excluding carboxylic acids is 1. The maximum absolute atomic E-state index is 12.7. The molecule has 2 N–H and O–H groups in total. The summed E-state index contributed by atoms with van der Waals surface area (Å²) in [6.45, 7) is 5.38. The second kappa shape index (κ2) is 11.6. The van der Waals surface area contributed by atoms with Gasteiger partial charge in [-0.1, -0.05) is 37.3 Å². The van der Waals surface area contributed by atoms with E-state index in [-0.39, 0.29) is 5.91 Å². The summed E-state index contributed by atoms with van der Waals surface area (Å²) in [5, 5.41) is 7.16. The lowest BCUT2D eigenvalue weighted by Crippen LogP contribution is -2.39. The van der Waals surface area contributed by atoms with Crippen molar-refractivity contribution in [2.24, 2.45) is 4.99 Å². The van der Waals surface area contributed by atoms with Crippen molar-refractivity contribution in [3.63, 3.8) is 0 Å². The van der Waals surface area contributed by atoms with Crippen LogP contribution in [0, 0.1) is 0 Å². The van der Waals surface area contributed by atoms with Gasteiger partial charge in [-0.25, -0.2) is 0 Å². The Labute approximate surface area is 184 Å². The second-order valence-corrected chi connectivity index (χ2v) is 9.11. The Morgan fingerprint density at radius 1 is 1.07 bits per heavy atom. The van der Waals surface area contributed by atoms with Crippen LogP contribution in [0.15, 0.2) is 64.5 Å². The topological polar surface area (TPSA) is 56.7 Å². The minimum absolute atomic E-state index is 0.144. The quantitative estimate of drug-likeness (QED) is 0.398. The molecule has 2 aromatic rings. The van der Waals surface area contributed by atoms with E-state index in [1.165, 1.54) is 11.3 Å². The zero-order chi connectivity index (χ0) is 21.2. The van der Waals surface area contributed by atoms with Crippen LogP contribution in [-0.2, 0) is 6.54 Å². The summed E-state index contributed by atoms with van der Waals surface area (Å²) >= 11 is 1.84. The van der Waals surface area contributed by atoms with Crippen LogP contribution in [0.3, 0.4) is 0 Å². The number of nitrogens with one attached hydrogen (secondary N) is 2. The van der Waals surface area contributed by atoms with E-state index >= 15 is 0 Å². The Bertz CT molecular complexity index is 834. The lowest BCUT2D eigenvalue weighted by atomic mass is 10.1. The number of piperidine rings is 1. The van der Waals surface area contributed by atoms with Crippen molar-refractivity contribution >= 4 is 23.6 Å². The monoisotopic (exact) mass is 424 g/mol. The van der Waals surface area contributed by atoms with Gasteiger partial charge in [-0.05, 0) is 49.1 Å². The van der Waals surface area contributed by atoms with Gasteiger partial charge in [0.1, 0.15) is 0 Å². The van der Waals surface area contributed by atoms with Gasteiger partial charge in [0, 0.05) is 48.9 Å². The molecule has 1 aliphatic heterocycles. The van der Waals surface area contributed by atoms with E-state index in [9.17, 15) is 4.79 Å². The highest BCUT2D eigenvalue weighted by Crippen LogP contribution is 2.21. The van der Waals surface area contributed by atoms with E-state index < -0.39 is 0 Å². The molecule has 0 radical (unpaired) electrons. The standard InChI is InChI=1S/C24H32N4OS/c1-19(30-22-12-5-3-6-13-22)17-26-24(25-2)27-18-20-10-9-11-21(16-20)23(29)28-14-7-4-8-15-28/h3,5-6,9-13,16,19H,4,7-8,14-15,17-18H2,1-2H3,(H2,25,26,27). The summed E-state index contributed by atoms with van der Waals surface area (Å²) in [6.07, 6.45) is 3.44. The number of rotatable bonds is 7. The molecule has 3 rings (SSSR count). The summed E-state index contributed by atoms with van der Waals surface area (Å²) < 4.78 is 0. The van der Waals surface area contributed by atoms with Crippen LogP contribution < -0.4 is 10.6 Å². The highest BCUT2D eigenvalue weighted by atomic mass is 32.2. The van der Waals surface area contributed by atoms with E-state index in [1.807, 2.05) is 47.0 Å². The zero-order valence-corrected chi connectivity index (χ0v) is 18.8. The number of likely N-dealkylation sites (tertiary alicyclic amines) is 1.